The van der Waals surface area contributed by atoms with Crippen LogP contribution >= 0.6 is 0 Å². The lowest BCUT2D eigenvalue weighted by atomic mass is 10.1. The Balaban J connectivity index is 0.000000343. The molecule has 0 aliphatic carbocycles. The van der Waals surface area contributed by atoms with Crippen molar-refractivity contribution in [1.29, 1.82) is 0 Å². The van der Waals surface area contributed by atoms with E-state index in [0.29, 0.717) is 18.6 Å². The molecule has 1 aromatic heterocycles. The standard InChI is InChI=1S/C15H23N3O2.2C2HF3O2/c1-16(2)15(19)11-18-8-6-13-14(18)5-7-17(13)10-12-4-3-9-20-12;2*3-2(4,5)1(6)7/h3-4,9,13-14H,5-8,10-11H2,1-2H3;2*(H,6,7)/t13-,14+;;/m1../s1. The van der Waals surface area contributed by atoms with E-state index in [-0.39, 0.29) is 5.91 Å². The Morgan fingerprint density at radius 3 is 1.79 bits per heavy atom. The monoisotopic (exact) mass is 505 g/mol. The molecule has 15 heteroatoms. The van der Waals surface area contributed by atoms with Gasteiger partial charge in [0.1, 0.15) is 5.76 Å². The summed E-state index contributed by atoms with van der Waals surface area (Å²) < 4.78 is 68.9. The Labute approximate surface area is 190 Å². The molecule has 1 amide bonds. The molecule has 2 saturated heterocycles. The summed E-state index contributed by atoms with van der Waals surface area (Å²) in [6, 6.07) is 5.10. The first kappa shape index (κ1) is 29.2. The van der Waals surface area contributed by atoms with Crippen LogP contribution in [0.25, 0.3) is 0 Å². The largest absolute Gasteiger partial charge is 0.490 e. The molecule has 0 saturated carbocycles. The van der Waals surface area contributed by atoms with Crippen LogP contribution in [0.15, 0.2) is 22.8 Å². The molecule has 2 aliphatic heterocycles. The minimum Gasteiger partial charge on any atom is -0.475 e. The maximum Gasteiger partial charge on any atom is 0.490 e. The number of halogens is 6. The van der Waals surface area contributed by atoms with Crippen molar-refractivity contribution in [2.24, 2.45) is 0 Å². The van der Waals surface area contributed by atoms with Gasteiger partial charge in [-0.2, -0.15) is 26.3 Å². The van der Waals surface area contributed by atoms with E-state index in [4.69, 9.17) is 24.2 Å². The summed E-state index contributed by atoms with van der Waals surface area (Å²) in [5.74, 6) is -4.27. The fourth-order valence-corrected chi connectivity index (χ4v) is 3.47. The molecule has 2 aliphatic rings. The third-order valence-electron chi connectivity index (χ3n) is 5.07. The Kier molecular flexibility index (Phi) is 10.4. The number of carbonyl (C=O) groups excluding carboxylic acids is 1. The molecule has 3 rings (SSSR count). The fraction of sp³-hybridized carbons (Fsp3) is 0.632. The number of hydrogen-bond acceptors (Lipinski definition) is 6. The highest BCUT2D eigenvalue weighted by Crippen LogP contribution is 2.32. The number of carbonyl (C=O) groups is 3. The molecule has 2 fully saturated rings. The first-order chi connectivity index (χ1) is 15.5. The van der Waals surface area contributed by atoms with Gasteiger partial charge < -0.3 is 19.5 Å². The van der Waals surface area contributed by atoms with Gasteiger partial charge in [-0.3, -0.25) is 14.6 Å². The van der Waals surface area contributed by atoms with Gasteiger partial charge in [0.15, 0.2) is 0 Å². The summed E-state index contributed by atoms with van der Waals surface area (Å²) in [7, 11) is 3.65. The van der Waals surface area contributed by atoms with Gasteiger partial charge in [-0.25, -0.2) is 9.59 Å². The first-order valence-electron chi connectivity index (χ1n) is 9.84. The van der Waals surface area contributed by atoms with E-state index in [0.717, 1.165) is 38.2 Å². The number of rotatable bonds is 4. The molecule has 34 heavy (non-hydrogen) atoms. The molecular weight excluding hydrogens is 480 g/mol. The Morgan fingerprint density at radius 2 is 1.41 bits per heavy atom. The summed E-state index contributed by atoms with van der Waals surface area (Å²) in [5, 5.41) is 14.2. The summed E-state index contributed by atoms with van der Waals surface area (Å²) in [4.78, 5) is 36.2. The fourth-order valence-electron chi connectivity index (χ4n) is 3.47. The number of aliphatic carboxylic acids is 2. The number of amides is 1. The van der Waals surface area contributed by atoms with E-state index in [1.165, 1.54) is 0 Å². The molecule has 9 nitrogen and oxygen atoms in total. The number of fused-ring (bicyclic) bond motifs is 1. The molecule has 0 unspecified atom stereocenters. The van der Waals surface area contributed by atoms with Gasteiger partial charge in [-0.05, 0) is 25.0 Å². The maximum atomic E-state index is 11.9. The molecule has 0 bridgehead atoms. The van der Waals surface area contributed by atoms with Crippen molar-refractivity contribution in [3.05, 3.63) is 24.2 Å². The quantitative estimate of drug-likeness (QED) is 0.600. The number of alkyl halides is 6. The van der Waals surface area contributed by atoms with E-state index in [1.54, 1.807) is 11.2 Å². The van der Waals surface area contributed by atoms with Crippen molar-refractivity contribution in [1.82, 2.24) is 14.7 Å². The normalized spacial score (nSPS) is 20.5. The lowest BCUT2D eigenvalue weighted by Gasteiger charge is -2.25. The van der Waals surface area contributed by atoms with Crippen molar-refractivity contribution in [2.45, 2.75) is 43.8 Å². The van der Waals surface area contributed by atoms with Crippen molar-refractivity contribution in [3.8, 4) is 0 Å². The molecular formula is C19H25F6N3O6. The zero-order chi connectivity index (χ0) is 26.3. The smallest absolute Gasteiger partial charge is 0.475 e. The molecule has 0 aromatic carbocycles. The number of likely N-dealkylation sites (tertiary alicyclic amines) is 2. The minimum absolute atomic E-state index is 0.204. The lowest BCUT2D eigenvalue weighted by Crippen LogP contribution is -2.41. The van der Waals surface area contributed by atoms with E-state index in [9.17, 15) is 31.1 Å². The summed E-state index contributed by atoms with van der Waals surface area (Å²) >= 11 is 0. The van der Waals surface area contributed by atoms with Crippen LogP contribution in [0.1, 0.15) is 18.6 Å². The highest BCUT2D eigenvalue weighted by Gasteiger charge is 2.43. The van der Waals surface area contributed by atoms with Gasteiger partial charge in [0.05, 0.1) is 19.4 Å². The number of likely N-dealkylation sites (N-methyl/N-ethyl adjacent to an activating group) is 1. The van der Waals surface area contributed by atoms with Crippen molar-refractivity contribution in [3.63, 3.8) is 0 Å². The average Bonchev–Trinajstić information content (AvgIpc) is 3.42. The second-order valence-corrected chi connectivity index (χ2v) is 7.63. The predicted molar refractivity (Wildman–Crippen MR) is 104 cm³/mol. The number of furan rings is 1. The molecule has 1 aromatic rings. The molecule has 0 radical (unpaired) electrons. The Bertz CT molecular complexity index is 788. The topological polar surface area (TPSA) is 115 Å². The minimum atomic E-state index is -5.08. The molecule has 0 spiro atoms. The van der Waals surface area contributed by atoms with Crippen LogP contribution in [0.3, 0.4) is 0 Å². The third kappa shape index (κ3) is 9.21. The summed E-state index contributed by atoms with van der Waals surface area (Å²) in [6.07, 6.45) is -6.11. The van der Waals surface area contributed by atoms with Gasteiger partial charge in [-0.15, -0.1) is 0 Å². The third-order valence-corrected chi connectivity index (χ3v) is 5.07. The van der Waals surface area contributed by atoms with E-state index in [1.807, 2.05) is 26.2 Å². The van der Waals surface area contributed by atoms with E-state index < -0.39 is 24.3 Å². The predicted octanol–water partition coefficient (Wildman–Crippen LogP) is 2.28. The number of hydrogen-bond donors (Lipinski definition) is 2. The van der Waals surface area contributed by atoms with Crippen LogP contribution in [0.5, 0.6) is 0 Å². The molecule has 2 N–H and O–H groups in total. The van der Waals surface area contributed by atoms with Crippen molar-refractivity contribution >= 4 is 17.8 Å². The van der Waals surface area contributed by atoms with Gasteiger partial charge >= 0.3 is 24.3 Å². The second kappa shape index (κ2) is 12.1. The highest BCUT2D eigenvalue weighted by atomic mass is 19.4. The molecule has 2 atom stereocenters. The van der Waals surface area contributed by atoms with Crippen LogP contribution in [-0.4, -0.2) is 101 Å². The second-order valence-electron chi connectivity index (χ2n) is 7.63. The SMILES string of the molecule is CN(C)C(=O)CN1CC[C@@H]2[C@@H]1CCN2Cc1ccco1.O=C(O)C(F)(F)F.O=C(O)C(F)(F)F. The zero-order valence-electron chi connectivity index (χ0n) is 18.3. The number of carboxylic acid groups (broad SMARTS) is 2. The number of nitrogens with zero attached hydrogens (tertiary/aromatic N) is 3. The van der Waals surface area contributed by atoms with Gasteiger partial charge in [0, 0.05) is 39.3 Å². The summed E-state index contributed by atoms with van der Waals surface area (Å²) in [6.45, 7) is 3.58. The Hall–Kier alpha value is -2.81. The lowest BCUT2D eigenvalue weighted by molar-refractivity contribution is -0.193. The van der Waals surface area contributed by atoms with Crippen LogP contribution in [0.4, 0.5) is 26.3 Å². The van der Waals surface area contributed by atoms with E-state index >= 15 is 0 Å². The van der Waals surface area contributed by atoms with Gasteiger partial charge in [0.25, 0.3) is 0 Å². The maximum absolute atomic E-state index is 11.9. The van der Waals surface area contributed by atoms with Crippen LogP contribution < -0.4 is 0 Å². The first-order valence-corrected chi connectivity index (χ1v) is 9.84. The molecule has 194 valence electrons. The number of carboxylic acids is 2. The van der Waals surface area contributed by atoms with Crippen LogP contribution in [0, 0.1) is 0 Å². The van der Waals surface area contributed by atoms with Crippen molar-refractivity contribution < 1.29 is 55.4 Å². The highest BCUT2D eigenvalue weighted by molar-refractivity contribution is 5.77. The molecule has 3 heterocycles. The zero-order valence-corrected chi connectivity index (χ0v) is 18.3. The van der Waals surface area contributed by atoms with E-state index in [2.05, 4.69) is 9.80 Å². The van der Waals surface area contributed by atoms with Gasteiger partial charge in [0.2, 0.25) is 5.91 Å². The van der Waals surface area contributed by atoms with Crippen LogP contribution in [0.2, 0.25) is 0 Å². The van der Waals surface area contributed by atoms with Crippen molar-refractivity contribution in [2.75, 3.05) is 33.7 Å². The summed E-state index contributed by atoms with van der Waals surface area (Å²) in [5.41, 5.74) is 0. The average molecular weight is 505 g/mol. The van der Waals surface area contributed by atoms with Crippen LogP contribution in [-0.2, 0) is 20.9 Å². The van der Waals surface area contributed by atoms with Gasteiger partial charge in [-0.1, -0.05) is 0 Å². The Morgan fingerprint density at radius 1 is 0.971 bits per heavy atom.